The monoisotopic (exact) mass is 264 g/mol. The average Bonchev–Trinajstić information content (AvgIpc) is 2.37. The average molecular weight is 264 g/mol. The van der Waals surface area contributed by atoms with Crippen molar-refractivity contribution in [1.82, 2.24) is 0 Å². The molecule has 2 aromatic rings. The Balaban J connectivity index is 2.22. The lowest BCUT2D eigenvalue weighted by molar-refractivity contribution is -0.384. The molecule has 0 radical (unpaired) electrons. The first-order valence-electron chi connectivity index (χ1n) is 5.49. The molecule has 1 N–H and O–H groups in total. The first kappa shape index (κ1) is 12.9. The van der Waals surface area contributed by atoms with Crippen molar-refractivity contribution in [2.24, 2.45) is 0 Å². The smallest absolute Gasteiger partial charge is 0.292 e. The van der Waals surface area contributed by atoms with Crippen LogP contribution in [0.3, 0.4) is 0 Å². The highest BCUT2D eigenvalue weighted by atomic mass is 19.1. The predicted octanol–water partition coefficient (Wildman–Crippen LogP) is 3.49. The van der Waals surface area contributed by atoms with Gasteiger partial charge in [-0.15, -0.1) is 0 Å². The number of rotatable bonds is 4. The molecule has 0 saturated carbocycles. The second-order valence-electron chi connectivity index (χ2n) is 3.86. The van der Waals surface area contributed by atoms with E-state index in [4.69, 9.17) is 0 Å². The Morgan fingerprint density at radius 2 is 1.89 bits per heavy atom. The van der Waals surface area contributed by atoms with Gasteiger partial charge in [-0.1, -0.05) is 18.2 Å². The molecule has 0 atom stereocenters. The fraction of sp³-hybridized carbons (Fsp3) is 0.0769. The van der Waals surface area contributed by atoms with Crippen LogP contribution in [0.15, 0.2) is 42.5 Å². The molecule has 4 nitrogen and oxygen atoms in total. The van der Waals surface area contributed by atoms with Crippen molar-refractivity contribution in [2.75, 3.05) is 5.32 Å². The molecule has 98 valence electrons. The standard InChI is InChI=1S/C13H10F2N2O2/c14-10-5-6-13(17(18)19)12(7-10)16-8-9-3-1-2-4-11(9)15/h1-7,16H,8H2. The van der Waals surface area contributed by atoms with Gasteiger partial charge in [0, 0.05) is 24.2 Å². The van der Waals surface area contributed by atoms with Gasteiger partial charge >= 0.3 is 0 Å². The van der Waals surface area contributed by atoms with E-state index in [9.17, 15) is 18.9 Å². The zero-order valence-corrected chi connectivity index (χ0v) is 9.77. The zero-order chi connectivity index (χ0) is 13.8. The molecule has 19 heavy (non-hydrogen) atoms. The van der Waals surface area contributed by atoms with Crippen LogP contribution in [-0.2, 0) is 6.54 Å². The number of nitrogens with zero attached hydrogens (tertiary/aromatic N) is 1. The number of hydrogen-bond acceptors (Lipinski definition) is 3. The molecule has 0 heterocycles. The molecule has 0 spiro atoms. The van der Waals surface area contributed by atoms with Crippen molar-refractivity contribution >= 4 is 11.4 Å². The predicted molar refractivity (Wildman–Crippen MR) is 66.8 cm³/mol. The summed E-state index contributed by atoms with van der Waals surface area (Å²) in [6.45, 7) is 0.0387. The van der Waals surface area contributed by atoms with E-state index in [0.717, 1.165) is 18.2 Å². The molecule has 2 rings (SSSR count). The summed E-state index contributed by atoms with van der Waals surface area (Å²) in [5, 5.41) is 13.5. The minimum absolute atomic E-state index is 0.0215. The minimum Gasteiger partial charge on any atom is -0.375 e. The third kappa shape index (κ3) is 3.04. The Morgan fingerprint density at radius 1 is 1.16 bits per heavy atom. The van der Waals surface area contributed by atoms with Gasteiger partial charge in [0.2, 0.25) is 0 Å². The maximum Gasteiger partial charge on any atom is 0.292 e. The molecular formula is C13H10F2N2O2. The van der Waals surface area contributed by atoms with Crippen LogP contribution in [-0.4, -0.2) is 4.92 Å². The summed E-state index contributed by atoms with van der Waals surface area (Å²) >= 11 is 0. The van der Waals surface area contributed by atoms with Gasteiger partial charge in [0.15, 0.2) is 0 Å². The molecule has 0 aliphatic carbocycles. The van der Waals surface area contributed by atoms with Crippen LogP contribution in [0.5, 0.6) is 0 Å². The summed E-state index contributed by atoms with van der Waals surface area (Å²) < 4.78 is 26.5. The molecule has 0 unspecified atom stereocenters. The van der Waals surface area contributed by atoms with Gasteiger partial charge in [0.1, 0.15) is 17.3 Å². The highest BCUT2D eigenvalue weighted by Gasteiger charge is 2.14. The van der Waals surface area contributed by atoms with Crippen molar-refractivity contribution in [1.29, 1.82) is 0 Å². The lowest BCUT2D eigenvalue weighted by atomic mass is 10.2. The van der Waals surface area contributed by atoms with Gasteiger partial charge < -0.3 is 5.32 Å². The van der Waals surface area contributed by atoms with Crippen LogP contribution in [0, 0.1) is 21.7 Å². The SMILES string of the molecule is O=[N+]([O-])c1ccc(F)cc1NCc1ccccc1F. The minimum atomic E-state index is -0.622. The molecule has 0 bridgehead atoms. The van der Waals surface area contributed by atoms with E-state index in [2.05, 4.69) is 5.32 Å². The van der Waals surface area contributed by atoms with Crippen LogP contribution in [0.4, 0.5) is 20.2 Å². The van der Waals surface area contributed by atoms with Crippen LogP contribution in [0.2, 0.25) is 0 Å². The van der Waals surface area contributed by atoms with E-state index in [1.807, 2.05) is 0 Å². The summed E-state index contributed by atoms with van der Waals surface area (Å²) in [5.41, 5.74) is 0.118. The van der Waals surface area contributed by atoms with E-state index in [-0.39, 0.29) is 17.9 Å². The molecule has 0 aromatic heterocycles. The van der Waals surface area contributed by atoms with E-state index in [0.29, 0.717) is 5.56 Å². The number of halogens is 2. The summed E-state index contributed by atoms with van der Waals surface area (Å²) in [6.07, 6.45) is 0. The van der Waals surface area contributed by atoms with E-state index in [1.165, 1.54) is 6.07 Å². The van der Waals surface area contributed by atoms with Gasteiger partial charge in [-0.05, 0) is 12.1 Å². The lowest BCUT2D eigenvalue weighted by Gasteiger charge is -2.08. The summed E-state index contributed by atoms with van der Waals surface area (Å²) in [5.74, 6) is -1.02. The summed E-state index contributed by atoms with van der Waals surface area (Å²) in [6, 6.07) is 9.12. The van der Waals surface area contributed by atoms with Crippen LogP contribution >= 0.6 is 0 Å². The maximum atomic E-state index is 13.4. The van der Waals surface area contributed by atoms with E-state index in [1.54, 1.807) is 18.2 Å². The zero-order valence-electron chi connectivity index (χ0n) is 9.77. The number of hydrogen-bond donors (Lipinski definition) is 1. The topological polar surface area (TPSA) is 55.2 Å². The number of nitro benzene ring substituents is 1. The van der Waals surface area contributed by atoms with Crippen LogP contribution < -0.4 is 5.32 Å². The van der Waals surface area contributed by atoms with Crippen LogP contribution in [0.1, 0.15) is 5.56 Å². The molecule has 0 saturated heterocycles. The molecule has 0 fully saturated rings. The highest BCUT2D eigenvalue weighted by Crippen LogP contribution is 2.25. The van der Waals surface area contributed by atoms with Gasteiger partial charge in [0.25, 0.3) is 5.69 Å². The van der Waals surface area contributed by atoms with Gasteiger partial charge in [-0.25, -0.2) is 8.78 Å². The van der Waals surface area contributed by atoms with Crippen molar-refractivity contribution in [2.45, 2.75) is 6.54 Å². The Labute approximate surface area is 107 Å². The third-order valence-corrected chi connectivity index (χ3v) is 2.58. The first-order chi connectivity index (χ1) is 9.08. The first-order valence-corrected chi connectivity index (χ1v) is 5.49. The quantitative estimate of drug-likeness (QED) is 0.679. The van der Waals surface area contributed by atoms with Gasteiger partial charge in [-0.3, -0.25) is 10.1 Å². The van der Waals surface area contributed by atoms with Crippen molar-refractivity contribution in [3.63, 3.8) is 0 Å². The van der Waals surface area contributed by atoms with Crippen molar-refractivity contribution < 1.29 is 13.7 Å². The number of nitro groups is 1. The van der Waals surface area contributed by atoms with E-state index >= 15 is 0 Å². The Kier molecular flexibility index (Phi) is 3.70. The Morgan fingerprint density at radius 3 is 2.58 bits per heavy atom. The molecule has 6 heteroatoms. The fourth-order valence-electron chi connectivity index (χ4n) is 1.64. The number of nitrogens with one attached hydrogen (secondary N) is 1. The van der Waals surface area contributed by atoms with Crippen molar-refractivity contribution in [3.8, 4) is 0 Å². The van der Waals surface area contributed by atoms with Gasteiger partial charge in [-0.2, -0.15) is 0 Å². The summed E-state index contributed by atoms with van der Waals surface area (Å²) in [7, 11) is 0. The molecular weight excluding hydrogens is 254 g/mol. The second-order valence-corrected chi connectivity index (χ2v) is 3.86. The molecule has 0 amide bonds. The highest BCUT2D eigenvalue weighted by molar-refractivity contribution is 5.61. The Hall–Kier alpha value is -2.50. The fourth-order valence-corrected chi connectivity index (χ4v) is 1.64. The second kappa shape index (κ2) is 5.43. The number of anilines is 1. The number of benzene rings is 2. The Bertz CT molecular complexity index is 617. The van der Waals surface area contributed by atoms with E-state index < -0.39 is 16.6 Å². The lowest BCUT2D eigenvalue weighted by Crippen LogP contribution is -2.04. The van der Waals surface area contributed by atoms with Crippen LogP contribution in [0.25, 0.3) is 0 Å². The molecule has 0 aliphatic rings. The third-order valence-electron chi connectivity index (χ3n) is 2.58. The summed E-state index contributed by atoms with van der Waals surface area (Å²) in [4.78, 5) is 10.2. The van der Waals surface area contributed by atoms with Crippen molar-refractivity contribution in [3.05, 3.63) is 69.8 Å². The molecule has 0 aliphatic heterocycles. The molecule has 2 aromatic carbocycles. The largest absolute Gasteiger partial charge is 0.375 e. The van der Waals surface area contributed by atoms with Gasteiger partial charge in [0.05, 0.1) is 4.92 Å². The normalized spacial score (nSPS) is 10.2. The maximum absolute atomic E-state index is 13.4.